The molecule has 72 valence electrons. The van der Waals surface area contributed by atoms with E-state index in [1.165, 1.54) is 11.8 Å². The lowest BCUT2D eigenvalue weighted by atomic mass is 10.2. The molecular formula is C8H12N2O2S. The zero-order valence-corrected chi connectivity index (χ0v) is 8.72. The van der Waals surface area contributed by atoms with Gasteiger partial charge in [0, 0.05) is 13.3 Å². The summed E-state index contributed by atoms with van der Waals surface area (Å²) in [6.45, 7) is 5.41. The number of ketones is 1. The molecule has 1 unspecified atom stereocenters. The lowest BCUT2D eigenvalue weighted by Crippen LogP contribution is -2.11. The molecule has 4 nitrogen and oxygen atoms in total. The van der Waals surface area contributed by atoms with Gasteiger partial charge in [-0.3, -0.25) is 4.79 Å². The molecule has 0 fully saturated rings. The van der Waals surface area contributed by atoms with E-state index >= 15 is 0 Å². The second-order valence-corrected chi connectivity index (χ2v) is 3.96. The van der Waals surface area contributed by atoms with E-state index in [0.717, 1.165) is 0 Å². The first-order chi connectivity index (χ1) is 6.13. The van der Waals surface area contributed by atoms with Crippen molar-refractivity contribution in [3.8, 4) is 0 Å². The van der Waals surface area contributed by atoms with E-state index in [1.54, 1.807) is 6.92 Å². The van der Waals surface area contributed by atoms with E-state index in [4.69, 9.17) is 4.42 Å². The van der Waals surface area contributed by atoms with Crippen LogP contribution in [0.25, 0.3) is 0 Å². The maximum Gasteiger partial charge on any atom is 0.277 e. The second-order valence-electron chi connectivity index (χ2n) is 2.67. The van der Waals surface area contributed by atoms with Crippen LogP contribution in [0, 0.1) is 6.92 Å². The summed E-state index contributed by atoms with van der Waals surface area (Å²) < 4.78 is 5.14. The maximum absolute atomic E-state index is 11.2. The standard InChI is InChI=1S/C8H12N2O2S/c1-4-7(11)5(2)13-8-10-9-6(3)12-8/h5H,4H2,1-3H3. The minimum atomic E-state index is -0.107. The molecule has 1 aromatic rings. The van der Waals surface area contributed by atoms with Gasteiger partial charge in [-0.05, 0) is 6.92 Å². The number of aromatic nitrogens is 2. The van der Waals surface area contributed by atoms with E-state index < -0.39 is 0 Å². The average molecular weight is 200 g/mol. The third-order valence-corrected chi connectivity index (χ3v) is 2.57. The van der Waals surface area contributed by atoms with Crippen LogP contribution < -0.4 is 0 Å². The molecule has 0 bridgehead atoms. The Morgan fingerprint density at radius 2 is 2.31 bits per heavy atom. The summed E-state index contributed by atoms with van der Waals surface area (Å²) in [5.74, 6) is 0.722. The van der Waals surface area contributed by atoms with Crippen molar-refractivity contribution in [3.63, 3.8) is 0 Å². The maximum atomic E-state index is 11.2. The number of thioether (sulfide) groups is 1. The van der Waals surface area contributed by atoms with Crippen molar-refractivity contribution in [1.82, 2.24) is 10.2 Å². The van der Waals surface area contributed by atoms with Crippen molar-refractivity contribution >= 4 is 17.5 Å². The molecule has 1 aromatic heterocycles. The predicted octanol–water partition coefficient (Wildman–Crippen LogP) is 1.84. The average Bonchev–Trinajstić information content (AvgIpc) is 2.49. The van der Waals surface area contributed by atoms with Crippen LogP contribution >= 0.6 is 11.8 Å². The van der Waals surface area contributed by atoms with Gasteiger partial charge in [0.25, 0.3) is 5.22 Å². The highest BCUT2D eigenvalue weighted by Gasteiger charge is 2.15. The summed E-state index contributed by atoms with van der Waals surface area (Å²) in [5.41, 5.74) is 0. The van der Waals surface area contributed by atoms with Crippen LogP contribution in [-0.2, 0) is 4.79 Å². The van der Waals surface area contributed by atoms with Gasteiger partial charge in [-0.2, -0.15) is 0 Å². The molecular weight excluding hydrogens is 188 g/mol. The molecule has 0 aromatic carbocycles. The fourth-order valence-corrected chi connectivity index (χ4v) is 1.69. The minimum absolute atomic E-state index is 0.107. The van der Waals surface area contributed by atoms with E-state index in [9.17, 15) is 4.79 Å². The molecule has 0 amide bonds. The fraction of sp³-hybridized carbons (Fsp3) is 0.625. The van der Waals surface area contributed by atoms with Crippen LogP contribution in [0.2, 0.25) is 0 Å². The van der Waals surface area contributed by atoms with E-state index in [-0.39, 0.29) is 11.0 Å². The molecule has 0 saturated heterocycles. The molecule has 1 rings (SSSR count). The number of aryl methyl sites for hydroxylation is 1. The number of rotatable bonds is 4. The molecule has 0 aliphatic carbocycles. The molecule has 0 N–H and O–H groups in total. The highest BCUT2D eigenvalue weighted by atomic mass is 32.2. The highest BCUT2D eigenvalue weighted by molar-refractivity contribution is 8.00. The lowest BCUT2D eigenvalue weighted by Gasteiger charge is -2.03. The third kappa shape index (κ3) is 2.84. The van der Waals surface area contributed by atoms with E-state index in [0.29, 0.717) is 17.5 Å². The summed E-state index contributed by atoms with van der Waals surface area (Å²) in [4.78, 5) is 11.2. The first-order valence-electron chi connectivity index (χ1n) is 4.13. The lowest BCUT2D eigenvalue weighted by molar-refractivity contribution is -0.118. The number of carbonyl (C=O) groups excluding carboxylic acids is 1. The monoisotopic (exact) mass is 200 g/mol. The summed E-state index contributed by atoms with van der Waals surface area (Å²) >= 11 is 1.31. The quantitative estimate of drug-likeness (QED) is 0.694. The van der Waals surface area contributed by atoms with Gasteiger partial charge in [0.05, 0.1) is 5.25 Å². The molecule has 1 atom stereocenters. The van der Waals surface area contributed by atoms with Crippen molar-refractivity contribution < 1.29 is 9.21 Å². The first kappa shape index (κ1) is 10.2. The van der Waals surface area contributed by atoms with Crippen LogP contribution in [0.4, 0.5) is 0 Å². The molecule has 0 spiro atoms. The SMILES string of the molecule is CCC(=O)C(C)Sc1nnc(C)o1. The summed E-state index contributed by atoms with van der Waals surface area (Å²) in [6, 6.07) is 0. The van der Waals surface area contributed by atoms with E-state index in [2.05, 4.69) is 10.2 Å². The largest absolute Gasteiger partial charge is 0.416 e. The second kappa shape index (κ2) is 4.41. The number of carbonyl (C=O) groups is 1. The van der Waals surface area contributed by atoms with Crippen LogP contribution in [0.1, 0.15) is 26.2 Å². The first-order valence-corrected chi connectivity index (χ1v) is 5.01. The molecule has 0 aliphatic rings. The molecule has 0 aliphatic heterocycles. The van der Waals surface area contributed by atoms with Crippen molar-refractivity contribution in [2.24, 2.45) is 0 Å². The normalized spacial score (nSPS) is 12.8. The molecule has 0 radical (unpaired) electrons. The third-order valence-electron chi connectivity index (χ3n) is 1.59. The van der Waals surface area contributed by atoms with Gasteiger partial charge >= 0.3 is 0 Å². The Hall–Kier alpha value is -0.840. The number of hydrogen-bond donors (Lipinski definition) is 0. The summed E-state index contributed by atoms with van der Waals surface area (Å²) in [6.07, 6.45) is 0.543. The Morgan fingerprint density at radius 3 is 2.77 bits per heavy atom. The Bertz CT molecular complexity index is 298. The Labute approximate surface area is 81.1 Å². The Kier molecular flexibility index (Phi) is 3.48. The molecule has 0 saturated carbocycles. The van der Waals surface area contributed by atoms with Crippen molar-refractivity contribution in [1.29, 1.82) is 0 Å². The predicted molar refractivity (Wildman–Crippen MR) is 49.7 cm³/mol. The summed E-state index contributed by atoms with van der Waals surface area (Å²) in [7, 11) is 0. The Balaban J connectivity index is 2.54. The van der Waals surface area contributed by atoms with Gasteiger partial charge in [-0.1, -0.05) is 18.7 Å². The van der Waals surface area contributed by atoms with Crippen LogP contribution in [0.15, 0.2) is 9.64 Å². The van der Waals surface area contributed by atoms with Crippen LogP contribution in [0.3, 0.4) is 0 Å². The number of hydrogen-bond acceptors (Lipinski definition) is 5. The smallest absolute Gasteiger partial charge is 0.277 e. The van der Waals surface area contributed by atoms with Crippen molar-refractivity contribution in [3.05, 3.63) is 5.89 Å². The van der Waals surface area contributed by atoms with Gasteiger partial charge in [0.1, 0.15) is 5.78 Å². The summed E-state index contributed by atoms with van der Waals surface area (Å²) in [5, 5.41) is 7.83. The molecule has 5 heteroatoms. The zero-order valence-electron chi connectivity index (χ0n) is 7.90. The minimum Gasteiger partial charge on any atom is -0.416 e. The van der Waals surface area contributed by atoms with E-state index in [1.807, 2.05) is 13.8 Å². The van der Waals surface area contributed by atoms with Gasteiger partial charge in [0.2, 0.25) is 5.89 Å². The highest BCUT2D eigenvalue weighted by Crippen LogP contribution is 2.22. The molecule has 13 heavy (non-hydrogen) atoms. The van der Waals surface area contributed by atoms with Crippen LogP contribution in [-0.4, -0.2) is 21.2 Å². The van der Waals surface area contributed by atoms with Crippen molar-refractivity contribution in [2.45, 2.75) is 37.7 Å². The zero-order chi connectivity index (χ0) is 9.84. The number of Topliss-reactive ketones (excluding diaryl/α,β-unsaturated/α-hetero) is 1. The van der Waals surface area contributed by atoms with Crippen LogP contribution in [0.5, 0.6) is 0 Å². The topological polar surface area (TPSA) is 56.0 Å². The Morgan fingerprint density at radius 1 is 1.62 bits per heavy atom. The molecule has 1 heterocycles. The number of nitrogens with zero attached hydrogens (tertiary/aromatic N) is 2. The van der Waals surface area contributed by atoms with Gasteiger partial charge < -0.3 is 4.42 Å². The van der Waals surface area contributed by atoms with Gasteiger partial charge in [-0.15, -0.1) is 10.2 Å². The van der Waals surface area contributed by atoms with Gasteiger partial charge in [-0.25, -0.2) is 0 Å². The van der Waals surface area contributed by atoms with Crippen molar-refractivity contribution in [2.75, 3.05) is 0 Å². The van der Waals surface area contributed by atoms with Gasteiger partial charge in [0.15, 0.2) is 0 Å². The fourth-order valence-electron chi connectivity index (χ4n) is 0.830.